The average molecular weight is 288 g/mol. The van der Waals surface area contributed by atoms with Crippen LogP contribution in [0.5, 0.6) is 0 Å². The summed E-state index contributed by atoms with van der Waals surface area (Å²) < 4.78 is 0. The number of likely N-dealkylation sites (tertiary alicyclic amines) is 1. The first-order valence-corrected chi connectivity index (χ1v) is 8.73. The second-order valence-corrected chi connectivity index (χ2v) is 6.41. The lowest BCUT2D eigenvalue weighted by atomic mass is 9.79. The van der Waals surface area contributed by atoms with Gasteiger partial charge in [-0.3, -0.25) is 4.90 Å². The molecule has 1 heterocycles. The number of likely N-dealkylation sites (N-methyl/N-ethyl adjacent to an activating group) is 1. The van der Waals surface area contributed by atoms with E-state index in [1.54, 1.807) is 0 Å². The van der Waals surface area contributed by atoms with Gasteiger partial charge in [-0.1, -0.05) is 50.6 Å². The Morgan fingerprint density at radius 2 is 1.81 bits per heavy atom. The van der Waals surface area contributed by atoms with E-state index >= 15 is 0 Å². The highest BCUT2D eigenvalue weighted by Gasteiger charge is 2.42. The number of nitrogens with zero attached hydrogens (tertiary/aromatic N) is 1. The third-order valence-corrected chi connectivity index (χ3v) is 5.28. The van der Waals surface area contributed by atoms with Crippen molar-refractivity contribution in [2.45, 2.75) is 65.0 Å². The van der Waals surface area contributed by atoms with Gasteiger partial charge in [-0.05, 0) is 57.8 Å². The summed E-state index contributed by atoms with van der Waals surface area (Å²) in [5.74, 6) is 0. The number of benzene rings is 1. The predicted molar refractivity (Wildman–Crippen MR) is 91.7 cm³/mol. The minimum atomic E-state index is 0.250. The molecule has 1 aliphatic heterocycles. The second-order valence-electron chi connectivity index (χ2n) is 6.41. The molecule has 1 aliphatic rings. The van der Waals surface area contributed by atoms with E-state index in [2.05, 4.69) is 62.2 Å². The summed E-state index contributed by atoms with van der Waals surface area (Å²) in [7, 11) is 0. The van der Waals surface area contributed by atoms with Gasteiger partial charge >= 0.3 is 0 Å². The molecule has 0 aromatic heterocycles. The minimum absolute atomic E-state index is 0.250. The largest absolute Gasteiger partial charge is 0.309 e. The molecule has 0 amide bonds. The monoisotopic (exact) mass is 288 g/mol. The maximum absolute atomic E-state index is 3.80. The van der Waals surface area contributed by atoms with Crippen molar-refractivity contribution >= 4 is 0 Å². The van der Waals surface area contributed by atoms with Crippen LogP contribution in [0.15, 0.2) is 24.3 Å². The van der Waals surface area contributed by atoms with Crippen LogP contribution in [0.3, 0.4) is 0 Å². The van der Waals surface area contributed by atoms with Crippen LogP contribution in [0.25, 0.3) is 0 Å². The molecule has 118 valence electrons. The number of nitrogens with one attached hydrogen (secondary N) is 1. The molecule has 1 saturated heterocycles. The maximum Gasteiger partial charge on any atom is 0.0507 e. The zero-order valence-electron chi connectivity index (χ0n) is 14.3. The molecule has 2 rings (SSSR count). The molecule has 2 nitrogen and oxygen atoms in total. The Morgan fingerprint density at radius 1 is 1.14 bits per heavy atom. The lowest BCUT2D eigenvalue weighted by Crippen LogP contribution is -2.55. The second kappa shape index (κ2) is 7.42. The summed E-state index contributed by atoms with van der Waals surface area (Å²) in [4.78, 5) is 2.75. The Morgan fingerprint density at radius 3 is 2.33 bits per heavy atom. The molecule has 1 N–H and O–H groups in total. The third-order valence-electron chi connectivity index (χ3n) is 5.28. The van der Waals surface area contributed by atoms with E-state index in [1.165, 1.54) is 49.9 Å². The van der Waals surface area contributed by atoms with Crippen LogP contribution in [-0.4, -0.2) is 30.1 Å². The van der Waals surface area contributed by atoms with Crippen molar-refractivity contribution in [1.29, 1.82) is 0 Å². The number of hydrogen-bond donors (Lipinski definition) is 1. The fraction of sp³-hybridized carbons (Fsp3) is 0.684. The summed E-state index contributed by atoms with van der Waals surface area (Å²) in [5, 5.41) is 3.80. The highest BCUT2D eigenvalue weighted by atomic mass is 15.2. The molecular formula is C19H32N2. The van der Waals surface area contributed by atoms with E-state index in [-0.39, 0.29) is 5.54 Å². The Balaban J connectivity index is 2.40. The van der Waals surface area contributed by atoms with Crippen LogP contribution >= 0.6 is 0 Å². The van der Waals surface area contributed by atoms with Gasteiger partial charge in [-0.15, -0.1) is 0 Å². The van der Waals surface area contributed by atoms with E-state index in [9.17, 15) is 0 Å². The standard InChI is InChI=1S/C19H32N2/c1-5-19(6-2,21-13-8-9-14-21)18(20-7-3)17-12-10-11-16(4)15-17/h10-12,15,18,20H,5-9,13-14H2,1-4H3. The summed E-state index contributed by atoms with van der Waals surface area (Å²) in [6, 6.07) is 9.49. The summed E-state index contributed by atoms with van der Waals surface area (Å²) in [6.07, 6.45) is 5.12. The zero-order chi connectivity index (χ0) is 15.3. The van der Waals surface area contributed by atoms with Crippen LogP contribution in [0.1, 0.15) is 63.6 Å². The molecule has 1 aromatic rings. The number of aryl methyl sites for hydroxylation is 1. The topological polar surface area (TPSA) is 15.3 Å². The van der Waals surface area contributed by atoms with Crippen LogP contribution in [-0.2, 0) is 0 Å². The van der Waals surface area contributed by atoms with E-state index in [1.807, 2.05) is 0 Å². The molecular weight excluding hydrogens is 256 g/mol. The minimum Gasteiger partial charge on any atom is -0.309 e. The third kappa shape index (κ3) is 3.32. The highest BCUT2D eigenvalue weighted by Crippen LogP contribution is 2.39. The van der Waals surface area contributed by atoms with Crippen molar-refractivity contribution in [2.24, 2.45) is 0 Å². The molecule has 21 heavy (non-hydrogen) atoms. The van der Waals surface area contributed by atoms with Gasteiger partial charge < -0.3 is 5.32 Å². The van der Waals surface area contributed by atoms with Crippen LogP contribution in [0.2, 0.25) is 0 Å². The van der Waals surface area contributed by atoms with Crippen molar-refractivity contribution in [3.63, 3.8) is 0 Å². The van der Waals surface area contributed by atoms with Crippen molar-refractivity contribution in [3.05, 3.63) is 35.4 Å². The van der Waals surface area contributed by atoms with Gasteiger partial charge in [0.2, 0.25) is 0 Å². The van der Waals surface area contributed by atoms with Crippen LogP contribution in [0, 0.1) is 6.92 Å². The Hall–Kier alpha value is -0.860. The normalized spacial score (nSPS) is 18.1. The SMILES string of the molecule is CCNC(c1cccc(C)c1)C(CC)(CC)N1CCCC1. The molecule has 1 fully saturated rings. The smallest absolute Gasteiger partial charge is 0.0507 e. The number of rotatable bonds is 7. The fourth-order valence-electron chi connectivity index (χ4n) is 4.12. The molecule has 1 aromatic carbocycles. The predicted octanol–water partition coefficient (Wildman–Crippen LogP) is 4.30. The van der Waals surface area contributed by atoms with E-state index < -0.39 is 0 Å². The van der Waals surface area contributed by atoms with Crippen molar-refractivity contribution < 1.29 is 0 Å². The van der Waals surface area contributed by atoms with Gasteiger partial charge in [0.1, 0.15) is 0 Å². The Labute approximate surface area is 130 Å². The summed E-state index contributed by atoms with van der Waals surface area (Å²) >= 11 is 0. The Kier molecular flexibility index (Phi) is 5.83. The molecule has 1 atom stereocenters. The lowest BCUT2D eigenvalue weighted by molar-refractivity contribution is 0.0623. The lowest BCUT2D eigenvalue weighted by Gasteiger charge is -2.47. The average Bonchev–Trinajstić information content (AvgIpc) is 3.03. The van der Waals surface area contributed by atoms with E-state index in [4.69, 9.17) is 0 Å². The quantitative estimate of drug-likeness (QED) is 0.804. The first-order chi connectivity index (χ1) is 10.2. The van der Waals surface area contributed by atoms with Crippen LogP contribution in [0.4, 0.5) is 0 Å². The van der Waals surface area contributed by atoms with Crippen molar-refractivity contribution in [3.8, 4) is 0 Å². The van der Waals surface area contributed by atoms with Crippen molar-refractivity contribution in [2.75, 3.05) is 19.6 Å². The van der Waals surface area contributed by atoms with Gasteiger partial charge in [0.25, 0.3) is 0 Å². The fourth-order valence-corrected chi connectivity index (χ4v) is 4.12. The van der Waals surface area contributed by atoms with Crippen molar-refractivity contribution in [1.82, 2.24) is 10.2 Å². The van der Waals surface area contributed by atoms with Crippen LogP contribution < -0.4 is 5.32 Å². The molecule has 1 unspecified atom stereocenters. The molecule has 0 bridgehead atoms. The van der Waals surface area contributed by atoms with E-state index in [0.29, 0.717) is 6.04 Å². The number of hydrogen-bond acceptors (Lipinski definition) is 2. The maximum atomic E-state index is 3.80. The molecule has 0 spiro atoms. The Bertz CT molecular complexity index is 431. The van der Waals surface area contributed by atoms with Gasteiger partial charge in [0.05, 0.1) is 6.04 Å². The first kappa shape index (κ1) is 16.5. The summed E-state index contributed by atoms with van der Waals surface area (Å²) in [5.41, 5.74) is 3.06. The molecule has 0 saturated carbocycles. The summed E-state index contributed by atoms with van der Waals surface area (Å²) in [6.45, 7) is 12.7. The molecule has 0 radical (unpaired) electrons. The van der Waals surface area contributed by atoms with Gasteiger partial charge in [-0.2, -0.15) is 0 Å². The first-order valence-electron chi connectivity index (χ1n) is 8.73. The van der Waals surface area contributed by atoms with Gasteiger partial charge in [0, 0.05) is 5.54 Å². The highest BCUT2D eigenvalue weighted by molar-refractivity contribution is 5.28. The molecule has 2 heteroatoms. The molecule has 0 aliphatic carbocycles. The van der Waals surface area contributed by atoms with Gasteiger partial charge in [-0.25, -0.2) is 0 Å². The van der Waals surface area contributed by atoms with Gasteiger partial charge in [0.15, 0.2) is 0 Å². The van der Waals surface area contributed by atoms with E-state index in [0.717, 1.165) is 6.54 Å². The zero-order valence-corrected chi connectivity index (χ0v) is 14.3.